The van der Waals surface area contributed by atoms with Crippen LogP contribution in [0, 0.1) is 6.92 Å². The van der Waals surface area contributed by atoms with E-state index in [1.54, 1.807) is 13.3 Å². The molecule has 72 valence electrons. The first-order valence-electron chi connectivity index (χ1n) is 3.72. The van der Waals surface area contributed by atoms with Crippen LogP contribution in [-0.2, 0) is 4.79 Å². The zero-order valence-corrected chi connectivity index (χ0v) is 7.94. The molecule has 1 heterocycles. The number of aliphatic carboxylic acids is 1. The highest BCUT2D eigenvalue weighted by molar-refractivity contribution is 5.62. The summed E-state index contributed by atoms with van der Waals surface area (Å²) >= 11 is 0. The first-order valence-corrected chi connectivity index (χ1v) is 3.72. The van der Waals surface area contributed by atoms with E-state index in [0.717, 1.165) is 12.5 Å². The van der Waals surface area contributed by atoms with Crippen molar-refractivity contribution in [1.82, 2.24) is 4.98 Å². The van der Waals surface area contributed by atoms with Crippen LogP contribution in [0.3, 0.4) is 0 Å². The first kappa shape index (κ1) is 11.4. The molecule has 0 spiro atoms. The summed E-state index contributed by atoms with van der Waals surface area (Å²) < 4.78 is 4.86. The van der Waals surface area contributed by atoms with E-state index in [-0.39, 0.29) is 0 Å². The van der Waals surface area contributed by atoms with Crippen LogP contribution >= 0.6 is 0 Å². The molecule has 0 atom stereocenters. The highest BCUT2D eigenvalue weighted by Crippen LogP contribution is 2.04. The molecular formula is C9H13NO3. The summed E-state index contributed by atoms with van der Waals surface area (Å²) in [5.74, 6) is -0.166. The average molecular weight is 183 g/mol. The third kappa shape index (κ3) is 6.80. The number of carbonyl (C=O) groups is 1. The first-order chi connectivity index (χ1) is 6.06. The number of rotatable bonds is 1. The molecule has 0 radical (unpaired) electrons. The minimum Gasteiger partial charge on any atom is -0.481 e. The van der Waals surface area contributed by atoms with Crippen molar-refractivity contribution in [3.8, 4) is 5.88 Å². The van der Waals surface area contributed by atoms with Crippen LogP contribution in [0.15, 0.2) is 18.3 Å². The summed E-state index contributed by atoms with van der Waals surface area (Å²) in [6.45, 7) is 3.08. The SMILES string of the molecule is CC(=O)O.COc1ccc(C)cn1. The molecule has 0 amide bonds. The number of aromatic nitrogens is 1. The van der Waals surface area contributed by atoms with Gasteiger partial charge in [0.25, 0.3) is 5.97 Å². The molecule has 13 heavy (non-hydrogen) atoms. The van der Waals surface area contributed by atoms with E-state index < -0.39 is 5.97 Å². The Bertz CT molecular complexity index is 252. The summed E-state index contributed by atoms with van der Waals surface area (Å²) in [6.07, 6.45) is 1.78. The summed E-state index contributed by atoms with van der Waals surface area (Å²) in [6, 6.07) is 3.81. The summed E-state index contributed by atoms with van der Waals surface area (Å²) in [5, 5.41) is 7.42. The molecule has 0 saturated carbocycles. The minimum atomic E-state index is -0.833. The van der Waals surface area contributed by atoms with Crippen molar-refractivity contribution in [2.24, 2.45) is 0 Å². The number of methoxy groups -OCH3 is 1. The number of pyridine rings is 1. The second-order valence-electron chi connectivity index (χ2n) is 2.40. The van der Waals surface area contributed by atoms with Gasteiger partial charge in [-0.05, 0) is 12.5 Å². The second-order valence-corrected chi connectivity index (χ2v) is 2.40. The molecule has 4 heteroatoms. The predicted octanol–water partition coefficient (Wildman–Crippen LogP) is 1.49. The molecule has 0 bridgehead atoms. The van der Waals surface area contributed by atoms with Crippen LogP contribution < -0.4 is 4.74 Å². The molecule has 0 unspecified atom stereocenters. The smallest absolute Gasteiger partial charge is 0.300 e. The van der Waals surface area contributed by atoms with Gasteiger partial charge in [-0.15, -0.1) is 0 Å². The Morgan fingerprint density at radius 1 is 1.54 bits per heavy atom. The third-order valence-electron chi connectivity index (χ3n) is 1.09. The number of ether oxygens (including phenoxy) is 1. The number of nitrogens with zero attached hydrogens (tertiary/aromatic N) is 1. The number of hydrogen-bond donors (Lipinski definition) is 1. The fraction of sp³-hybridized carbons (Fsp3) is 0.333. The molecule has 0 aliphatic carbocycles. The molecule has 0 fully saturated rings. The summed E-state index contributed by atoms with van der Waals surface area (Å²) in [4.78, 5) is 13.0. The number of carboxylic acid groups (broad SMARTS) is 1. The molecule has 0 aliphatic heterocycles. The van der Waals surface area contributed by atoms with Gasteiger partial charge in [0, 0.05) is 19.2 Å². The Labute approximate surface area is 77.2 Å². The molecule has 1 rings (SSSR count). The van der Waals surface area contributed by atoms with Crippen molar-refractivity contribution in [3.05, 3.63) is 23.9 Å². The van der Waals surface area contributed by atoms with Crippen molar-refractivity contribution in [2.75, 3.05) is 7.11 Å². The fourth-order valence-corrected chi connectivity index (χ4v) is 0.575. The molecule has 1 aromatic heterocycles. The Morgan fingerprint density at radius 3 is 2.38 bits per heavy atom. The van der Waals surface area contributed by atoms with Crippen LogP contribution in [0.5, 0.6) is 5.88 Å². The lowest BCUT2D eigenvalue weighted by Gasteiger charge is -1.95. The van der Waals surface area contributed by atoms with E-state index in [1.165, 1.54) is 0 Å². The van der Waals surface area contributed by atoms with E-state index in [2.05, 4.69) is 4.98 Å². The average Bonchev–Trinajstić information content (AvgIpc) is 2.05. The number of carboxylic acids is 1. The van der Waals surface area contributed by atoms with Crippen molar-refractivity contribution in [2.45, 2.75) is 13.8 Å². The van der Waals surface area contributed by atoms with Crippen molar-refractivity contribution in [1.29, 1.82) is 0 Å². The second kappa shape index (κ2) is 5.99. The molecule has 1 N–H and O–H groups in total. The lowest BCUT2D eigenvalue weighted by molar-refractivity contribution is -0.134. The van der Waals surface area contributed by atoms with Gasteiger partial charge >= 0.3 is 0 Å². The Hall–Kier alpha value is -1.58. The standard InChI is InChI=1S/C7H9NO.C2H4O2/c1-6-3-4-7(9-2)8-5-6;1-2(3)4/h3-5H,1-2H3;1H3,(H,3,4). The highest BCUT2D eigenvalue weighted by atomic mass is 16.5. The minimum absolute atomic E-state index is 0.667. The lowest BCUT2D eigenvalue weighted by atomic mass is 10.3. The Kier molecular flexibility index (Phi) is 5.27. The van der Waals surface area contributed by atoms with Gasteiger partial charge in [0.1, 0.15) is 0 Å². The molecule has 1 aromatic rings. The van der Waals surface area contributed by atoms with Crippen molar-refractivity contribution < 1.29 is 14.6 Å². The number of aryl methyl sites for hydroxylation is 1. The van der Waals surface area contributed by atoms with Crippen LogP contribution in [0.2, 0.25) is 0 Å². The Morgan fingerprint density at radius 2 is 2.08 bits per heavy atom. The number of hydrogen-bond acceptors (Lipinski definition) is 3. The van der Waals surface area contributed by atoms with Crippen LogP contribution in [0.1, 0.15) is 12.5 Å². The summed E-state index contributed by atoms with van der Waals surface area (Å²) in [7, 11) is 1.61. The quantitative estimate of drug-likeness (QED) is 0.716. The molecule has 0 saturated heterocycles. The third-order valence-corrected chi connectivity index (χ3v) is 1.09. The highest BCUT2D eigenvalue weighted by Gasteiger charge is 1.87. The van der Waals surface area contributed by atoms with Crippen LogP contribution in [-0.4, -0.2) is 23.2 Å². The van der Waals surface area contributed by atoms with Gasteiger partial charge < -0.3 is 9.84 Å². The zero-order chi connectivity index (χ0) is 10.3. The van der Waals surface area contributed by atoms with E-state index >= 15 is 0 Å². The van der Waals surface area contributed by atoms with Gasteiger partial charge in [0.15, 0.2) is 0 Å². The van der Waals surface area contributed by atoms with Gasteiger partial charge in [-0.3, -0.25) is 4.79 Å². The Balaban J connectivity index is 0.000000310. The van der Waals surface area contributed by atoms with E-state index in [4.69, 9.17) is 14.6 Å². The molecular weight excluding hydrogens is 170 g/mol. The topological polar surface area (TPSA) is 59.4 Å². The maximum absolute atomic E-state index is 9.00. The van der Waals surface area contributed by atoms with Crippen LogP contribution in [0.25, 0.3) is 0 Å². The maximum atomic E-state index is 9.00. The van der Waals surface area contributed by atoms with Gasteiger partial charge in [-0.1, -0.05) is 6.07 Å². The van der Waals surface area contributed by atoms with E-state index in [9.17, 15) is 0 Å². The summed E-state index contributed by atoms with van der Waals surface area (Å²) in [5.41, 5.74) is 1.15. The molecule has 0 aromatic carbocycles. The van der Waals surface area contributed by atoms with E-state index in [1.807, 2.05) is 19.1 Å². The fourth-order valence-electron chi connectivity index (χ4n) is 0.575. The van der Waals surface area contributed by atoms with Gasteiger partial charge in [0.05, 0.1) is 7.11 Å². The van der Waals surface area contributed by atoms with Gasteiger partial charge in [-0.25, -0.2) is 4.98 Å². The normalized spacial score (nSPS) is 8.23. The van der Waals surface area contributed by atoms with Crippen LogP contribution in [0.4, 0.5) is 0 Å². The van der Waals surface area contributed by atoms with Gasteiger partial charge in [-0.2, -0.15) is 0 Å². The monoisotopic (exact) mass is 183 g/mol. The predicted molar refractivity (Wildman–Crippen MR) is 48.8 cm³/mol. The van der Waals surface area contributed by atoms with Crippen molar-refractivity contribution >= 4 is 5.97 Å². The maximum Gasteiger partial charge on any atom is 0.300 e. The molecule has 4 nitrogen and oxygen atoms in total. The largest absolute Gasteiger partial charge is 0.481 e. The zero-order valence-electron chi connectivity index (χ0n) is 7.94. The lowest BCUT2D eigenvalue weighted by Crippen LogP contribution is -1.85. The molecule has 0 aliphatic rings. The van der Waals surface area contributed by atoms with Crippen molar-refractivity contribution in [3.63, 3.8) is 0 Å². The van der Waals surface area contributed by atoms with Gasteiger partial charge in [0.2, 0.25) is 5.88 Å². The van der Waals surface area contributed by atoms with E-state index in [0.29, 0.717) is 5.88 Å².